The van der Waals surface area contributed by atoms with Gasteiger partial charge in [-0.15, -0.1) is 0 Å². The number of alkyl halides is 2. The molecule has 2 rings (SSSR count). The highest BCUT2D eigenvalue weighted by Crippen LogP contribution is 2.33. The molecule has 0 fully saturated rings. The summed E-state index contributed by atoms with van der Waals surface area (Å²) in [5, 5.41) is 0. The maximum absolute atomic E-state index is 14.0. The van der Waals surface area contributed by atoms with Gasteiger partial charge in [-0.25, -0.2) is 0 Å². The summed E-state index contributed by atoms with van der Waals surface area (Å²) in [5.74, 6) is -2.53. The van der Waals surface area contributed by atoms with E-state index in [0.29, 0.717) is 11.4 Å². The van der Waals surface area contributed by atoms with Crippen LogP contribution in [-0.4, -0.2) is 13.7 Å². The van der Waals surface area contributed by atoms with Gasteiger partial charge >= 0.3 is 5.92 Å². The molecule has 5 heteroatoms. The molecule has 0 bridgehead atoms. The average molecular weight is 279 g/mol. The zero-order valence-electron chi connectivity index (χ0n) is 11.0. The van der Waals surface area contributed by atoms with Crippen LogP contribution in [0.1, 0.15) is 5.56 Å². The predicted molar refractivity (Wildman–Crippen MR) is 73.2 cm³/mol. The van der Waals surface area contributed by atoms with Gasteiger partial charge in [0.25, 0.3) is 0 Å². The maximum Gasteiger partial charge on any atom is 0.306 e. The second-order valence-corrected chi connectivity index (χ2v) is 4.27. The van der Waals surface area contributed by atoms with E-state index in [1.54, 1.807) is 30.3 Å². The quantitative estimate of drug-likeness (QED) is 0.853. The van der Waals surface area contributed by atoms with Crippen LogP contribution in [0.15, 0.2) is 48.5 Å². The molecule has 0 aliphatic rings. The molecule has 0 spiro atoms. The van der Waals surface area contributed by atoms with Gasteiger partial charge in [-0.05, 0) is 12.1 Å². The van der Waals surface area contributed by atoms with Crippen LogP contribution in [0.3, 0.4) is 0 Å². The third-order valence-corrected chi connectivity index (χ3v) is 2.79. The van der Waals surface area contributed by atoms with E-state index in [1.165, 1.54) is 25.3 Å². The van der Waals surface area contributed by atoms with Crippen LogP contribution in [0.25, 0.3) is 0 Å². The van der Waals surface area contributed by atoms with Crippen LogP contribution in [0.2, 0.25) is 0 Å². The molecule has 0 radical (unpaired) electrons. The van der Waals surface area contributed by atoms with E-state index in [4.69, 9.17) is 15.2 Å². The molecule has 0 aromatic heterocycles. The van der Waals surface area contributed by atoms with Crippen molar-refractivity contribution in [2.45, 2.75) is 5.92 Å². The molecule has 0 atom stereocenters. The topological polar surface area (TPSA) is 44.5 Å². The first-order valence-corrected chi connectivity index (χ1v) is 6.02. The van der Waals surface area contributed by atoms with Gasteiger partial charge in [-0.1, -0.05) is 30.3 Å². The van der Waals surface area contributed by atoms with E-state index in [-0.39, 0.29) is 11.3 Å². The lowest BCUT2D eigenvalue weighted by Gasteiger charge is -2.18. The molecule has 20 heavy (non-hydrogen) atoms. The highest BCUT2D eigenvalue weighted by Gasteiger charge is 2.32. The third kappa shape index (κ3) is 3.17. The first-order valence-electron chi connectivity index (χ1n) is 6.02. The van der Waals surface area contributed by atoms with Crippen molar-refractivity contribution >= 4 is 5.69 Å². The zero-order chi connectivity index (χ0) is 14.6. The van der Waals surface area contributed by atoms with Gasteiger partial charge in [0, 0.05) is 17.3 Å². The van der Waals surface area contributed by atoms with Crippen LogP contribution >= 0.6 is 0 Å². The second-order valence-electron chi connectivity index (χ2n) is 4.27. The molecule has 0 unspecified atom stereocenters. The number of halogens is 2. The number of nitrogens with two attached hydrogens (primary N) is 1. The minimum Gasteiger partial charge on any atom is -0.493 e. The molecule has 0 amide bonds. The second kappa shape index (κ2) is 5.77. The molecule has 0 aliphatic heterocycles. The van der Waals surface area contributed by atoms with E-state index in [9.17, 15) is 8.78 Å². The zero-order valence-corrected chi connectivity index (χ0v) is 11.0. The number of anilines is 1. The fourth-order valence-electron chi connectivity index (χ4n) is 1.74. The van der Waals surface area contributed by atoms with Gasteiger partial charge in [0.1, 0.15) is 0 Å². The fourth-order valence-corrected chi connectivity index (χ4v) is 1.74. The van der Waals surface area contributed by atoms with E-state index in [1.807, 2.05) is 0 Å². The molecular formula is C15H15F2NO2. The number of nitrogen functional groups attached to an aromatic ring is 1. The average Bonchev–Trinajstić information content (AvgIpc) is 2.46. The Morgan fingerprint density at radius 1 is 1.05 bits per heavy atom. The number of methoxy groups -OCH3 is 1. The van der Waals surface area contributed by atoms with Crippen molar-refractivity contribution in [3.63, 3.8) is 0 Å². The summed E-state index contributed by atoms with van der Waals surface area (Å²) < 4.78 is 38.2. The Hall–Kier alpha value is -2.30. The summed E-state index contributed by atoms with van der Waals surface area (Å²) in [7, 11) is 1.44. The summed E-state index contributed by atoms with van der Waals surface area (Å²) in [4.78, 5) is 0. The standard InChI is InChI=1S/C15H15F2NO2/c1-19-13-8-7-12(18)9-14(13)20-10-15(16,17)11-5-3-2-4-6-11/h2-9H,10,18H2,1H3. The molecule has 0 heterocycles. The molecule has 0 aliphatic carbocycles. The Morgan fingerprint density at radius 3 is 2.40 bits per heavy atom. The third-order valence-electron chi connectivity index (χ3n) is 2.79. The maximum atomic E-state index is 14.0. The number of benzene rings is 2. The van der Waals surface area contributed by atoms with Gasteiger partial charge in [-0.3, -0.25) is 0 Å². The number of rotatable bonds is 5. The molecule has 0 saturated carbocycles. The first-order chi connectivity index (χ1) is 9.53. The monoisotopic (exact) mass is 279 g/mol. The molecule has 2 aromatic rings. The molecule has 0 saturated heterocycles. The van der Waals surface area contributed by atoms with Gasteiger partial charge in [0.05, 0.1) is 7.11 Å². The Balaban J connectivity index is 2.14. The minimum absolute atomic E-state index is 0.0946. The van der Waals surface area contributed by atoms with Crippen LogP contribution in [0.4, 0.5) is 14.5 Å². The van der Waals surface area contributed by atoms with Crippen molar-refractivity contribution in [3.8, 4) is 11.5 Å². The Bertz CT molecular complexity index is 573. The number of hydrogen-bond donors (Lipinski definition) is 1. The molecule has 3 nitrogen and oxygen atoms in total. The van der Waals surface area contributed by atoms with Crippen molar-refractivity contribution in [1.29, 1.82) is 0 Å². The largest absolute Gasteiger partial charge is 0.493 e. The predicted octanol–water partition coefficient (Wildman–Crippen LogP) is 3.45. The van der Waals surface area contributed by atoms with E-state index < -0.39 is 12.5 Å². The number of hydrogen-bond acceptors (Lipinski definition) is 3. The highest BCUT2D eigenvalue weighted by molar-refractivity contribution is 5.52. The molecule has 2 N–H and O–H groups in total. The van der Waals surface area contributed by atoms with Crippen LogP contribution in [0.5, 0.6) is 11.5 Å². The molecule has 106 valence electrons. The van der Waals surface area contributed by atoms with Crippen molar-refractivity contribution in [2.24, 2.45) is 0 Å². The highest BCUT2D eigenvalue weighted by atomic mass is 19.3. The summed E-state index contributed by atoms with van der Waals surface area (Å²) in [5.41, 5.74) is 5.94. The van der Waals surface area contributed by atoms with E-state index >= 15 is 0 Å². The Morgan fingerprint density at radius 2 is 1.75 bits per heavy atom. The summed E-state index contributed by atoms with van der Waals surface area (Å²) in [6.45, 7) is -0.781. The fraction of sp³-hybridized carbons (Fsp3) is 0.200. The lowest BCUT2D eigenvalue weighted by atomic mass is 10.1. The van der Waals surface area contributed by atoms with Crippen molar-refractivity contribution in [1.82, 2.24) is 0 Å². The summed E-state index contributed by atoms with van der Waals surface area (Å²) in [6, 6.07) is 12.2. The van der Waals surface area contributed by atoms with E-state index in [0.717, 1.165) is 0 Å². The van der Waals surface area contributed by atoms with Crippen molar-refractivity contribution < 1.29 is 18.3 Å². The van der Waals surface area contributed by atoms with Gasteiger partial charge in [0.2, 0.25) is 0 Å². The van der Waals surface area contributed by atoms with Crippen LogP contribution in [0, 0.1) is 0 Å². The molecule has 2 aromatic carbocycles. The SMILES string of the molecule is COc1ccc(N)cc1OCC(F)(F)c1ccccc1. The Kier molecular flexibility index (Phi) is 4.08. The normalized spacial score (nSPS) is 11.2. The summed E-state index contributed by atoms with van der Waals surface area (Å²) >= 11 is 0. The Labute approximate surface area is 115 Å². The molecular weight excluding hydrogens is 264 g/mol. The minimum atomic E-state index is -3.09. The van der Waals surface area contributed by atoms with Crippen molar-refractivity contribution in [2.75, 3.05) is 19.5 Å². The lowest BCUT2D eigenvalue weighted by Crippen LogP contribution is -2.23. The van der Waals surface area contributed by atoms with Gasteiger partial charge in [-0.2, -0.15) is 8.78 Å². The van der Waals surface area contributed by atoms with Gasteiger partial charge in [0.15, 0.2) is 18.1 Å². The lowest BCUT2D eigenvalue weighted by molar-refractivity contribution is -0.0471. The van der Waals surface area contributed by atoms with E-state index in [2.05, 4.69) is 0 Å². The summed E-state index contributed by atoms with van der Waals surface area (Å²) in [6.07, 6.45) is 0. The van der Waals surface area contributed by atoms with Crippen molar-refractivity contribution in [3.05, 3.63) is 54.1 Å². The first kappa shape index (κ1) is 14.1. The van der Waals surface area contributed by atoms with Crippen LogP contribution in [-0.2, 0) is 5.92 Å². The number of ether oxygens (including phenoxy) is 2. The van der Waals surface area contributed by atoms with Crippen LogP contribution < -0.4 is 15.2 Å². The van der Waals surface area contributed by atoms with Gasteiger partial charge < -0.3 is 15.2 Å². The smallest absolute Gasteiger partial charge is 0.306 e.